The molecule has 5 heteroatoms. The van der Waals surface area contributed by atoms with Crippen molar-refractivity contribution in [2.75, 3.05) is 5.32 Å². The Hall–Kier alpha value is -0.960. The van der Waals surface area contributed by atoms with Gasteiger partial charge in [0.25, 0.3) is 0 Å². The second-order valence-corrected chi connectivity index (χ2v) is 5.38. The van der Waals surface area contributed by atoms with Gasteiger partial charge in [0.15, 0.2) is 0 Å². The van der Waals surface area contributed by atoms with Gasteiger partial charge in [0.1, 0.15) is 0 Å². The average molecular weight is 316 g/mol. The van der Waals surface area contributed by atoms with E-state index in [-0.39, 0.29) is 6.04 Å². The first-order chi connectivity index (χ1) is 9.11. The van der Waals surface area contributed by atoms with Crippen molar-refractivity contribution in [1.82, 2.24) is 4.98 Å². The number of rotatable bonds is 4. The Bertz CT molecular complexity index is 572. The van der Waals surface area contributed by atoms with E-state index >= 15 is 0 Å². The lowest BCUT2D eigenvalue weighted by atomic mass is 10.0. The third-order valence-electron chi connectivity index (χ3n) is 2.84. The number of benzene rings is 1. The lowest BCUT2D eigenvalue weighted by Gasteiger charge is -2.20. The molecule has 0 saturated heterocycles. The van der Waals surface area contributed by atoms with Crippen LogP contribution in [0.25, 0.3) is 0 Å². The van der Waals surface area contributed by atoms with Gasteiger partial charge >= 0.3 is 0 Å². The Morgan fingerprint density at radius 3 is 2.58 bits per heavy atom. The maximum absolute atomic E-state index is 6.24. The summed E-state index contributed by atoms with van der Waals surface area (Å²) in [7, 11) is 0. The number of nitrogens with one attached hydrogen (secondary N) is 1. The standard InChI is InChI=1S/C14H13Cl3N2/c1-2-13(10-4-3-9(15)7-12(10)17)19-14-8-18-6-5-11(14)16/h3-8,13,19H,2H2,1H3. The molecule has 1 heterocycles. The summed E-state index contributed by atoms with van der Waals surface area (Å²) in [6, 6.07) is 7.31. The summed E-state index contributed by atoms with van der Waals surface area (Å²) in [6.45, 7) is 2.08. The first-order valence-corrected chi connectivity index (χ1v) is 7.06. The van der Waals surface area contributed by atoms with Crippen molar-refractivity contribution in [3.05, 3.63) is 57.3 Å². The first-order valence-electron chi connectivity index (χ1n) is 5.92. The highest BCUT2D eigenvalue weighted by molar-refractivity contribution is 6.35. The van der Waals surface area contributed by atoms with E-state index in [0.717, 1.165) is 17.7 Å². The molecule has 2 nitrogen and oxygen atoms in total. The van der Waals surface area contributed by atoms with Crippen molar-refractivity contribution in [3.63, 3.8) is 0 Å². The van der Waals surface area contributed by atoms with Crippen LogP contribution < -0.4 is 5.32 Å². The third-order valence-corrected chi connectivity index (χ3v) is 3.74. The van der Waals surface area contributed by atoms with E-state index in [2.05, 4.69) is 17.2 Å². The molecule has 1 atom stereocenters. The zero-order chi connectivity index (χ0) is 13.8. The number of nitrogens with zero attached hydrogens (tertiary/aromatic N) is 1. The molecule has 1 unspecified atom stereocenters. The normalized spacial score (nSPS) is 12.2. The highest BCUT2D eigenvalue weighted by Crippen LogP contribution is 2.32. The summed E-state index contributed by atoms with van der Waals surface area (Å²) in [5, 5.41) is 5.26. The fourth-order valence-corrected chi connectivity index (χ4v) is 2.56. The molecule has 2 rings (SSSR count). The smallest absolute Gasteiger partial charge is 0.0720 e. The van der Waals surface area contributed by atoms with Gasteiger partial charge in [-0.25, -0.2) is 0 Å². The summed E-state index contributed by atoms with van der Waals surface area (Å²) >= 11 is 18.3. The van der Waals surface area contributed by atoms with Crippen LogP contribution in [0.15, 0.2) is 36.7 Å². The van der Waals surface area contributed by atoms with Crippen LogP contribution in [-0.2, 0) is 0 Å². The van der Waals surface area contributed by atoms with Crippen molar-refractivity contribution < 1.29 is 0 Å². The van der Waals surface area contributed by atoms with Crippen molar-refractivity contribution in [2.45, 2.75) is 19.4 Å². The van der Waals surface area contributed by atoms with E-state index in [1.54, 1.807) is 24.5 Å². The highest BCUT2D eigenvalue weighted by atomic mass is 35.5. The van der Waals surface area contributed by atoms with E-state index in [9.17, 15) is 0 Å². The number of hydrogen-bond donors (Lipinski definition) is 1. The Kier molecular flexibility index (Phi) is 4.92. The van der Waals surface area contributed by atoms with Crippen LogP contribution in [-0.4, -0.2) is 4.98 Å². The van der Waals surface area contributed by atoms with Gasteiger partial charge in [-0.05, 0) is 30.2 Å². The van der Waals surface area contributed by atoms with Crippen LogP contribution in [0.4, 0.5) is 5.69 Å². The molecule has 1 aromatic carbocycles. The van der Waals surface area contributed by atoms with Gasteiger partial charge in [0, 0.05) is 16.2 Å². The van der Waals surface area contributed by atoms with Crippen LogP contribution >= 0.6 is 34.8 Å². The topological polar surface area (TPSA) is 24.9 Å². The SMILES string of the molecule is CCC(Nc1cnccc1Cl)c1ccc(Cl)cc1Cl. The Morgan fingerprint density at radius 2 is 1.95 bits per heavy atom. The third kappa shape index (κ3) is 3.53. The van der Waals surface area contributed by atoms with Crippen LogP contribution in [0, 0.1) is 0 Å². The quantitative estimate of drug-likeness (QED) is 0.793. The maximum Gasteiger partial charge on any atom is 0.0720 e. The Balaban J connectivity index is 2.28. The van der Waals surface area contributed by atoms with E-state index in [0.29, 0.717) is 15.1 Å². The van der Waals surface area contributed by atoms with Crippen molar-refractivity contribution >= 4 is 40.5 Å². The van der Waals surface area contributed by atoms with E-state index in [1.165, 1.54) is 0 Å². The Morgan fingerprint density at radius 1 is 1.16 bits per heavy atom. The molecule has 100 valence electrons. The van der Waals surface area contributed by atoms with Gasteiger partial charge in [-0.3, -0.25) is 4.98 Å². The number of aromatic nitrogens is 1. The van der Waals surface area contributed by atoms with Crippen LogP contribution in [0.5, 0.6) is 0 Å². The molecule has 0 fully saturated rings. The van der Waals surface area contributed by atoms with E-state index in [4.69, 9.17) is 34.8 Å². The molecular formula is C14H13Cl3N2. The molecule has 0 radical (unpaired) electrons. The van der Waals surface area contributed by atoms with Crippen molar-refractivity contribution in [1.29, 1.82) is 0 Å². The molecule has 0 bridgehead atoms. The minimum atomic E-state index is 0.0615. The largest absolute Gasteiger partial charge is 0.376 e. The zero-order valence-corrected chi connectivity index (χ0v) is 12.6. The summed E-state index contributed by atoms with van der Waals surface area (Å²) in [5.41, 5.74) is 1.79. The monoisotopic (exact) mass is 314 g/mol. The number of halogens is 3. The van der Waals surface area contributed by atoms with Gasteiger partial charge in [-0.15, -0.1) is 0 Å². The number of pyridine rings is 1. The van der Waals surface area contributed by atoms with Crippen LogP contribution in [0.1, 0.15) is 24.9 Å². The van der Waals surface area contributed by atoms with Gasteiger partial charge < -0.3 is 5.32 Å². The van der Waals surface area contributed by atoms with Gasteiger partial charge in [0.05, 0.1) is 22.9 Å². The summed E-state index contributed by atoms with van der Waals surface area (Å²) in [5.74, 6) is 0. The van der Waals surface area contributed by atoms with Gasteiger partial charge in [-0.2, -0.15) is 0 Å². The molecule has 0 aliphatic carbocycles. The molecule has 0 spiro atoms. The lowest BCUT2D eigenvalue weighted by Crippen LogP contribution is -2.10. The summed E-state index contributed by atoms with van der Waals surface area (Å²) < 4.78 is 0. The highest BCUT2D eigenvalue weighted by Gasteiger charge is 2.14. The summed E-state index contributed by atoms with van der Waals surface area (Å²) in [6.07, 6.45) is 4.23. The average Bonchev–Trinajstić information content (AvgIpc) is 2.39. The predicted molar refractivity (Wildman–Crippen MR) is 82.4 cm³/mol. The molecule has 0 aliphatic heterocycles. The Labute approximate surface area is 127 Å². The molecule has 1 aromatic heterocycles. The van der Waals surface area contributed by atoms with E-state index in [1.807, 2.05) is 12.1 Å². The maximum atomic E-state index is 6.24. The minimum absolute atomic E-state index is 0.0615. The lowest BCUT2D eigenvalue weighted by molar-refractivity contribution is 0.749. The molecule has 0 aliphatic rings. The van der Waals surface area contributed by atoms with Crippen LogP contribution in [0.3, 0.4) is 0 Å². The summed E-state index contributed by atoms with van der Waals surface area (Å²) in [4.78, 5) is 4.06. The minimum Gasteiger partial charge on any atom is -0.376 e. The van der Waals surface area contributed by atoms with Crippen molar-refractivity contribution in [2.24, 2.45) is 0 Å². The first kappa shape index (κ1) is 14.4. The predicted octanol–water partition coefficient (Wildman–Crippen LogP) is 5.61. The van der Waals surface area contributed by atoms with Gasteiger partial charge in [-0.1, -0.05) is 47.8 Å². The molecule has 2 aromatic rings. The molecule has 0 amide bonds. The fraction of sp³-hybridized carbons (Fsp3) is 0.214. The fourth-order valence-electron chi connectivity index (χ4n) is 1.86. The zero-order valence-electron chi connectivity index (χ0n) is 10.3. The molecule has 19 heavy (non-hydrogen) atoms. The molecular weight excluding hydrogens is 303 g/mol. The van der Waals surface area contributed by atoms with E-state index < -0.39 is 0 Å². The second kappa shape index (κ2) is 6.47. The van der Waals surface area contributed by atoms with Crippen LogP contribution in [0.2, 0.25) is 15.1 Å². The van der Waals surface area contributed by atoms with Crippen molar-refractivity contribution in [3.8, 4) is 0 Å². The molecule has 1 N–H and O–H groups in total. The molecule has 0 saturated carbocycles. The number of hydrogen-bond acceptors (Lipinski definition) is 2. The second-order valence-electron chi connectivity index (χ2n) is 4.13. The van der Waals surface area contributed by atoms with Gasteiger partial charge in [0.2, 0.25) is 0 Å². The number of anilines is 1.